The molecule has 20 heavy (non-hydrogen) atoms. The predicted molar refractivity (Wildman–Crippen MR) is 79.4 cm³/mol. The first-order valence-electron chi connectivity index (χ1n) is 6.67. The van der Waals surface area contributed by atoms with Crippen LogP contribution in [-0.2, 0) is 9.84 Å². The van der Waals surface area contributed by atoms with Crippen LogP contribution in [0.5, 0.6) is 0 Å². The van der Waals surface area contributed by atoms with Gasteiger partial charge >= 0.3 is 0 Å². The van der Waals surface area contributed by atoms with E-state index in [4.69, 9.17) is 5.84 Å². The number of hydrogen-bond acceptors (Lipinski definition) is 7. The average molecular weight is 299 g/mol. The summed E-state index contributed by atoms with van der Waals surface area (Å²) in [5, 5.41) is 3.17. The van der Waals surface area contributed by atoms with Crippen LogP contribution in [-0.4, -0.2) is 36.9 Å². The lowest BCUT2D eigenvalue weighted by Gasteiger charge is -2.13. The Morgan fingerprint density at radius 2 is 1.95 bits per heavy atom. The Morgan fingerprint density at radius 3 is 2.50 bits per heavy atom. The third-order valence-electron chi connectivity index (χ3n) is 3.23. The smallest absolute Gasteiger partial charge is 0.148 e. The molecule has 1 heterocycles. The Kier molecular flexibility index (Phi) is 4.44. The van der Waals surface area contributed by atoms with Gasteiger partial charge in [-0.2, -0.15) is 0 Å². The van der Waals surface area contributed by atoms with Crippen molar-refractivity contribution in [3.8, 4) is 0 Å². The number of nitrogens with zero attached hydrogens (tertiary/aromatic N) is 2. The van der Waals surface area contributed by atoms with Gasteiger partial charge in [-0.25, -0.2) is 24.2 Å². The summed E-state index contributed by atoms with van der Waals surface area (Å²) in [6.45, 7) is 2.43. The molecule has 0 aliphatic heterocycles. The summed E-state index contributed by atoms with van der Waals surface area (Å²) in [4.78, 5) is 8.91. The van der Waals surface area contributed by atoms with Gasteiger partial charge in [0, 0.05) is 24.3 Å². The van der Waals surface area contributed by atoms with Crippen LogP contribution in [0.1, 0.15) is 36.6 Å². The summed E-state index contributed by atoms with van der Waals surface area (Å²) in [7, 11) is -2.92. The summed E-state index contributed by atoms with van der Waals surface area (Å²) in [5.41, 5.74) is 3.43. The first kappa shape index (κ1) is 15.0. The minimum atomic E-state index is -2.92. The number of rotatable bonds is 7. The van der Waals surface area contributed by atoms with Gasteiger partial charge in [-0.05, 0) is 26.2 Å². The molecule has 1 fully saturated rings. The highest BCUT2D eigenvalue weighted by atomic mass is 32.2. The van der Waals surface area contributed by atoms with Crippen LogP contribution in [0.3, 0.4) is 0 Å². The standard InChI is InChI=1S/C12H21N5O2S/c1-8-10(14-6-3-7-20(2,18)19)15-12(9-4-5-9)16-11(8)17-13/h9H,3-7,13H2,1-2H3,(H2,14,15,16,17). The van der Waals surface area contributed by atoms with Crippen LogP contribution in [0.2, 0.25) is 0 Å². The molecule has 0 spiro atoms. The summed E-state index contributed by atoms with van der Waals surface area (Å²) >= 11 is 0. The molecule has 0 atom stereocenters. The average Bonchev–Trinajstić information content (AvgIpc) is 3.19. The van der Waals surface area contributed by atoms with Gasteiger partial charge in [0.15, 0.2) is 0 Å². The molecule has 1 aliphatic rings. The third-order valence-corrected chi connectivity index (χ3v) is 4.26. The molecule has 1 saturated carbocycles. The Labute approximate surface area is 119 Å². The van der Waals surface area contributed by atoms with E-state index in [1.807, 2.05) is 6.92 Å². The molecule has 1 aromatic rings. The van der Waals surface area contributed by atoms with Crippen molar-refractivity contribution in [2.75, 3.05) is 29.3 Å². The quantitative estimate of drug-likeness (QED) is 0.388. The van der Waals surface area contributed by atoms with E-state index in [1.165, 1.54) is 6.26 Å². The van der Waals surface area contributed by atoms with Crippen molar-refractivity contribution in [3.05, 3.63) is 11.4 Å². The van der Waals surface area contributed by atoms with Gasteiger partial charge in [0.2, 0.25) is 0 Å². The van der Waals surface area contributed by atoms with Gasteiger partial charge in [0.25, 0.3) is 0 Å². The molecular weight excluding hydrogens is 278 g/mol. The largest absolute Gasteiger partial charge is 0.370 e. The highest BCUT2D eigenvalue weighted by Crippen LogP contribution is 2.39. The van der Waals surface area contributed by atoms with Crippen LogP contribution < -0.4 is 16.6 Å². The maximum absolute atomic E-state index is 11.1. The van der Waals surface area contributed by atoms with Gasteiger partial charge < -0.3 is 10.7 Å². The van der Waals surface area contributed by atoms with Gasteiger partial charge in [-0.3, -0.25) is 0 Å². The van der Waals surface area contributed by atoms with E-state index in [-0.39, 0.29) is 5.75 Å². The van der Waals surface area contributed by atoms with Crippen LogP contribution in [0, 0.1) is 6.92 Å². The second-order valence-electron chi connectivity index (χ2n) is 5.23. The van der Waals surface area contributed by atoms with Crippen LogP contribution in [0.25, 0.3) is 0 Å². The molecule has 7 nitrogen and oxygen atoms in total. The predicted octanol–water partition coefficient (Wildman–Crippen LogP) is 0.795. The highest BCUT2D eigenvalue weighted by Gasteiger charge is 2.28. The lowest BCUT2D eigenvalue weighted by atomic mass is 10.2. The maximum atomic E-state index is 11.1. The normalized spacial score (nSPS) is 15.2. The van der Waals surface area contributed by atoms with Crippen molar-refractivity contribution < 1.29 is 8.42 Å². The second-order valence-corrected chi connectivity index (χ2v) is 7.49. The van der Waals surface area contributed by atoms with Crippen molar-refractivity contribution in [1.82, 2.24) is 9.97 Å². The zero-order chi connectivity index (χ0) is 14.8. The van der Waals surface area contributed by atoms with Gasteiger partial charge in [0.05, 0.1) is 5.75 Å². The monoisotopic (exact) mass is 299 g/mol. The fourth-order valence-electron chi connectivity index (χ4n) is 1.91. The molecule has 1 aromatic heterocycles. The van der Waals surface area contributed by atoms with E-state index < -0.39 is 9.84 Å². The van der Waals surface area contributed by atoms with Gasteiger partial charge in [-0.15, -0.1) is 0 Å². The molecule has 0 saturated heterocycles. The van der Waals surface area contributed by atoms with Crippen molar-refractivity contribution in [2.45, 2.75) is 32.1 Å². The third kappa shape index (κ3) is 4.04. The molecule has 0 aromatic carbocycles. The molecule has 0 amide bonds. The number of aromatic nitrogens is 2. The van der Waals surface area contributed by atoms with E-state index in [9.17, 15) is 8.42 Å². The van der Waals surface area contributed by atoms with Gasteiger partial charge in [-0.1, -0.05) is 0 Å². The lowest BCUT2D eigenvalue weighted by Crippen LogP contribution is -2.16. The van der Waals surface area contributed by atoms with Crippen molar-refractivity contribution in [3.63, 3.8) is 0 Å². The van der Waals surface area contributed by atoms with Gasteiger partial charge in [0.1, 0.15) is 27.3 Å². The number of hydrogen-bond donors (Lipinski definition) is 3. The SMILES string of the molecule is Cc1c(NN)nc(C2CC2)nc1NCCCS(C)(=O)=O. The number of hydrazine groups is 1. The fourth-order valence-corrected chi connectivity index (χ4v) is 2.58. The molecular formula is C12H21N5O2S. The van der Waals surface area contributed by atoms with E-state index in [1.54, 1.807) is 0 Å². The minimum absolute atomic E-state index is 0.168. The summed E-state index contributed by atoms with van der Waals surface area (Å²) < 4.78 is 22.2. The first-order valence-corrected chi connectivity index (χ1v) is 8.73. The molecule has 4 N–H and O–H groups in total. The Balaban J connectivity index is 2.04. The van der Waals surface area contributed by atoms with Crippen molar-refractivity contribution >= 4 is 21.5 Å². The molecule has 8 heteroatoms. The highest BCUT2D eigenvalue weighted by molar-refractivity contribution is 7.90. The zero-order valence-electron chi connectivity index (χ0n) is 11.8. The molecule has 0 radical (unpaired) electrons. The number of anilines is 2. The minimum Gasteiger partial charge on any atom is -0.370 e. The maximum Gasteiger partial charge on any atom is 0.148 e. The first-order chi connectivity index (χ1) is 9.40. The second kappa shape index (κ2) is 5.92. The van der Waals surface area contributed by atoms with Crippen molar-refractivity contribution in [1.29, 1.82) is 0 Å². The van der Waals surface area contributed by atoms with Crippen LogP contribution in [0.15, 0.2) is 0 Å². The molecule has 1 aliphatic carbocycles. The summed E-state index contributed by atoms with van der Waals surface area (Å²) in [6, 6.07) is 0. The Morgan fingerprint density at radius 1 is 1.30 bits per heavy atom. The topological polar surface area (TPSA) is 110 Å². The number of nitrogens with two attached hydrogens (primary N) is 1. The van der Waals surface area contributed by atoms with Crippen LogP contribution >= 0.6 is 0 Å². The zero-order valence-corrected chi connectivity index (χ0v) is 12.6. The number of sulfone groups is 1. The molecule has 2 rings (SSSR count). The van der Waals surface area contributed by atoms with Crippen LogP contribution in [0.4, 0.5) is 11.6 Å². The van der Waals surface area contributed by atoms with E-state index in [0.29, 0.717) is 24.7 Å². The molecule has 112 valence electrons. The molecule has 0 unspecified atom stereocenters. The Hall–Kier alpha value is -1.41. The fraction of sp³-hybridized carbons (Fsp3) is 0.667. The van der Waals surface area contributed by atoms with E-state index in [2.05, 4.69) is 20.7 Å². The van der Waals surface area contributed by atoms with E-state index >= 15 is 0 Å². The summed E-state index contributed by atoms with van der Waals surface area (Å²) in [5.74, 6) is 8.22. The number of nitrogen functional groups attached to an aromatic ring is 1. The molecule has 0 bridgehead atoms. The van der Waals surface area contributed by atoms with E-state index in [0.717, 1.165) is 30.0 Å². The number of nitrogens with one attached hydrogen (secondary N) is 2. The lowest BCUT2D eigenvalue weighted by molar-refractivity contribution is 0.600. The van der Waals surface area contributed by atoms with Crippen molar-refractivity contribution in [2.24, 2.45) is 5.84 Å². The Bertz CT molecular complexity index is 584. The summed E-state index contributed by atoms with van der Waals surface area (Å²) in [6.07, 6.45) is 4.01.